The largest absolute Gasteiger partial charge is 0.311 e. The number of para-hydroxylation sites is 2. The average molecular weight is 1370 g/mol. The SMILES string of the molecule is CC(C)(C)c1cccc(-c2ccc3c(c2)N(c2ccc(-c4ccc5c(c4)C(C)(C)CCC5(C)C)cc2)c2cc(-n4c5ccc(C(C)(C)C)cc5c5cc(C(C)(C)C)ccc54)cc4c2B3c2ccc(-n3c5ccccc5c5ccccc53)cc2N4c2ccc(-c3ccc4c(c3)C(C)(C)CCC4(C)C)cc2)c1. The maximum Gasteiger partial charge on any atom is 0.252 e. The van der Waals surface area contributed by atoms with Crippen LogP contribution in [0.15, 0.2) is 243 Å². The molecule has 105 heavy (non-hydrogen) atoms. The molecule has 0 radical (unpaired) electrons. The van der Waals surface area contributed by atoms with Gasteiger partial charge in [0.2, 0.25) is 0 Å². The van der Waals surface area contributed by atoms with Crippen molar-refractivity contribution in [2.75, 3.05) is 9.80 Å². The molecule has 4 heterocycles. The molecule has 2 aliphatic carbocycles. The fourth-order valence-electron chi connectivity index (χ4n) is 18.7. The molecule has 0 spiro atoms. The van der Waals surface area contributed by atoms with E-state index in [4.69, 9.17) is 0 Å². The first-order valence-electron chi connectivity index (χ1n) is 38.7. The predicted molar refractivity (Wildman–Crippen MR) is 452 cm³/mol. The lowest BCUT2D eigenvalue weighted by molar-refractivity contribution is 0.332. The van der Waals surface area contributed by atoms with Crippen molar-refractivity contribution in [3.05, 3.63) is 282 Å². The van der Waals surface area contributed by atoms with Gasteiger partial charge in [0.15, 0.2) is 0 Å². The van der Waals surface area contributed by atoms with Crippen LogP contribution in [0.2, 0.25) is 0 Å². The molecule has 0 unspecified atom stereocenters. The molecule has 5 heteroatoms. The zero-order valence-electron chi connectivity index (χ0n) is 64.8. The number of hydrogen-bond donors (Lipinski definition) is 0. The Morgan fingerprint density at radius 3 is 1.10 bits per heavy atom. The van der Waals surface area contributed by atoms with Crippen LogP contribution in [0.3, 0.4) is 0 Å². The molecule has 522 valence electrons. The molecule has 2 aromatic heterocycles. The molecule has 0 saturated heterocycles. The summed E-state index contributed by atoms with van der Waals surface area (Å²) in [6, 6.07) is 95.7. The van der Waals surface area contributed by atoms with Gasteiger partial charge in [-0.3, -0.25) is 0 Å². The highest BCUT2D eigenvalue weighted by molar-refractivity contribution is 7.00. The van der Waals surface area contributed by atoms with E-state index < -0.39 is 0 Å². The van der Waals surface area contributed by atoms with E-state index in [9.17, 15) is 0 Å². The Morgan fingerprint density at radius 1 is 0.267 bits per heavy atom. The lowest BCUT2D eigenvalue weighted by atomic mass is 9.33. The maximum absolute atomic E-state index is 2.65. The Hall–Kier alpha value is -10.1. The van der Waals surface area contributed by atoms with Crippen LogP contribution in [0, 0.1) is 0 Å². The van der Waals surface area contributed by atoms with E-state index in [0.29, 0.717) is 0 Å². The van der Waals surface area contributed by atoms with Crippen molar-refractivity contribution >= 4 is 101 Å². The van der Waals surface area contributed by atoms with Crippen molar-refractivity contribution in [3.8, 4) is 44.8 Å². The van der Waals surface area contributed by atoms with Crippen LogP contribution in [0.4, 0.5) is 34.1 Å². The van der Waals surface area contributed by atoms with Crippen LogP contribution in [0.25, 0.3) is 88.4 Å². The van der Waals surface area contributed by atoms with Gasteiger partial charge in [0.1, 0.15) is 0 Å². The van der Waals surface area contributed by atoms with Crippen molar-refractivity contribution in [2.45, 2.75) is 181 Å². The Labute approximate surface area is 623 Å². The molecule has 0 bridgehead atoms. The smallest absolute Gasteiger partial charge is 0.252 e. The van der Waals surface area contributed by atoms with Crippen molar-refractivity contribution in [1.29, 1.82) is 0 Å². The monoisotopic (exact) mass is 1370 g/mol. The molecule has 18 rings (SSSR count). The summed E-state index contributed by atoms with van der Waals surface area (Å²) >= 11 is 0. The highest BCUT2D eigenvalue weighted by atomic mass is 15.2. The number of aromatic nitrogens is 2. The Balaban J connectivity index is 0.935. The molecular weight excluding hydrogens is 1270 g/mol. The zero-order chi connectivity index (χ0) is 73.0. The minimum Gasteiger partial charge on any atom is -0.311 e. The maximum atomic E-state index is 2.65. The highest BCUT2D eigenvalue weighted by Gasteiger charge is 2.46. The molecule has 12 aromatic carbocycles. The molecule has 14 aromatic rings. The van der Waals surface area contributed by atoms with Gasteiger partial charge in [-0.15, -0.1) is 0 Å². The third-order valence-corrected chi connectivity index (χ3v) is 25.3. The molecule has 0 N–H and O–H groups in total. The van der Waals surface area contributed by atoms with E-state index in [0.717, 1.165) is 39.8 Å². The van der Waals surface area contributed by atoms with E-state index in [-0.39, 0.29) is 44.6 Å². The first kappa shape index (κ1) is 66.8. The quantitative estimate of drug-likeness (QED) is 0.148. The highest BCUT2D eigenvalue weighted by Crippen LogP contribution is 2.53. The van der Waals surface area contributed by atoms with Crippen molar-refractivity contribution in [3.63, 3.8) is 0 Å². The Bertz CT molecular complexity index is 5800. The molecule has 0 atom stereocenters. The van der Waals surface area contributed by atoms with Crippen LogP contribution in [0.5, 0.6) is 0 Å². The minimum absolute atomic E-state index is 0.0328. The molecule has 0 fully saturated rings. The second kappa shape index (κ2) is 23.2. The lowest BCUT2D eigenvalue weighted by Gasteiger charge is -2.44. The summed E-state index contributed by atoms with van der Waals surface area (Å²) in [7, 11) is 0. The van der Waals surface area contributed by atoms with E-state index >= 15 is 0 Å². The first-order valence-corrected chi connectivity index (χ1v) is 38.7. The van der Waals surface area contributed by atoms with Crippen molar-refractivity contribution < 1.29 is 0 Å². The lowest BCUT2D eigenvalue weighted by Crippen LogP contribution is -2.61. The Morgan fingerprint density at radius 2 is 0.629 bits per heavy atom. The molecular formula is C100H99BN4. The normalized spacial score (nSPS) is 16.3. The van der Waals surface area contributed by atoms with E-state index in [1.165, 1.54) is 164 Å². The fraction of sp³-hybridized carbons (Fsp3) is 0.280. The predicted octanol–water partition coefficient (Wildman–Crippen LogP) is 25.6. The zero-order valence-corrected chi connectivity index (χ0v) is 64.8. The molecule has 0 amide bonds. The van der Waals surface area contributed by atoms with Crippen molar-refractivity contribution in [1.82, 2.24) is 9.13 Å². The Kier molecular flexibility index (Phi) is 14.8. The van der Waals surface area contributed by atoms with Gasteiger partial charge in [0.05, 0.1) is 27.8 Å². The van der Waals surface area contributed by atoms with Gasteiger partial charge < -0.3 is 18.9 Å². The van der Waals surface area contributed by atoms with Gasteiger partial charge in [-0.05, 0) is 243 Å². The summed E-state index contributed by atoms with van der Waals surface area (Å²) in [6.45, 7) is 40.4. The number of benzene rings is 12. The summed E-state index contributed by atoms with van der Waals surface area (Å²) in [5.74, 6) is 0. The third kappa shape index (κ3) is 10.7. The van der Waals surface area contributed by atoms with E-state index in [1.807, 2.05) is 0 Å². The molecule has 4 nitrogen and oxygen atoms in total. The average Bonchev–Trinajstić information content (AvgIpc) is 1.70. The molecule has 4 aliphatic rings. The van der Waals surface area contributed by atoms with Crippen LogP contribution < -0.4 is 26.2 Å². The summed E-state index contributed by atoms with van der Waals surface area (Å²) in [5.41, 5.74) is 35.2. The number of fused-ring (bicyclic) bond motifs is 12. The fourth-order valence-corrected chi connectivity index (χ4v) is 18.7. The number of anilines is 6. The van der Waals surface area contributed by atoms with Crippen LogP contribution in [-0.4, -0.2) is 15.8 Å². The summed E-state index contributed by atoms with van der Waals surface area (Å²) < 4.78 is 5.10. The minimum atomic E-state index is -0.157. The van der Waals surface area contributed by atoms with Crippen LogP contribution >= 0.6 is 0 Å². The summed E-state index contributed by atoms with van der Waals surface area (Å²) in [6.07, 6.45) is 4.71. The third-order valence-electron chi connectivity index (χ3n) is 25.3. The number of rotatable bonds is 7. The topological polar surface area (TPSA) is 16.3 Å². The molecule has 0 saturated carbocycles. The van der Waals surface area contributed by atoms with Crippen LogP contribution in [-0.2, 0) is 37.9 Å². The summed E-state index contributed by atoms with van der Waals surface area (Å²) in [5, 5.41) is 5.03. The second-order valence-corrected chi connectivity index (χ2v) is 37.2. The van der Waals surface area contributed by atoms with Crippen LogP contribution in [0.1, 0.15) is 182 Å². The standard InChI is InChI=1S/C100H99BN4/c1-94(2,3)68-24-22-23-64(53-68)67-35-45-83-89(56-67)102(71-38-29-62(30-39-71)65-33-43-79-81(54-65)99(14,15)51-49-97(79,10)11)91-60-74(105-87-47-36-69(95(4,5)6)57-77(87)78-58-70(96(7,8)9)37-48-88(78)105)61-92-93(91)101(83)84-46-42-73(104-85-27-20-18-25-75(85)76-26-19-21-28-86(76)104)59-90(84)103(92)72-40-31-63(32-41-72)66-34-44-80-82(55-66)100(16,17)52-50-98(80,12)13/h18-48,53-61H,49-52H2,1-17H3. The number of hydrogen-bond acceptors (Lipinski definition) is 2. The second-order valence-electron chi connectivity index (χ2n) is 37.2. The molecule has 2 aliphatic heterocycles. The van der Waals surface area contributed by atoms with Gasteiger partial charge in [0.25, 0.3) is 6.71 Å². The number of nitrogens with zero attached hydrogens (tertiary/aromatic N) is 4. The first-order chi connectivity index (χ1) is 49.9. The summed E-state index contributed by atoms with van der Waals surface area (Å²) in [4.78, 5) is 5.29. The van der Waals surface area contributed by atoms with Crippen molar-refractivity contribution in [2.24, 2.45) is 0 Å². The van der Waals surface area contributed by atoms with E-state index in [1.54, 1.807) is 0 Å². The van der Waals surface area contributed by atoms with Gasteiger partial charge in [-0.2, -0.15) is 0 Å². The van der Waals surface area contributed by atoms with Gasteiger partial charge in [-0.1, -0.05) is 269 Å². The van der Waals surface area contributed by atoms with E-state index in [2.05, 4.69) is 379 Å². The van der Waals surface area contributed by atoms with Gasteiger partial charge in [0, 0.05) is 61.4 Å². The van der Waals surface area contributed by atoms with Gasteiger partial charge >= 0.3 is 0 Å². The van der Waals surface area contributed by atoms with Gasteiger partial charge in [-0.25, -0.2) is 0 Å².